The summed E-state index contributed by atoms with van der Waals surface area (Å²) in [6.07, 6.45) is 9.45. The maximum atomic E-state index is 12.1. The zero-order chi connectivity index (χ0) is 13.7. The third-order valence-corrected chi connectivity index (χ3v) is 4.68. The minimum absolute atomic E-state index is 0.134. The fourth-order valence-corrected chi connectivity index (χ4v) is 3.01. The van der Waals surface area contributed by atoms with Crippen molar-refractivity contribution in [3.8, 4) is 0 Å². The lowest BCUT2D eigenvalue weighted by molar-refractivity contribution is 0.157. The van der Waals surface area contributed by atoms with Gasteiger partial charge in [-0.3, -0.25) is 0 Å². The van der Waals surface area contributed by atoms with Crippen LogP contribution in [0.15, 0.2) is 0 Å². The Morgan fingerprint density at radius 3 is 2.32 bits per heavy atom. The van der Waals surface area contributed by atoms with Gasteiger partial charge in [-0.05, 0) is 57.9 Å². The standard InChI is InChI=1S/C15H29N3O/c1-3-11-16-12-7-9-14(10-8-12)18(2)15(19)17-13-5-4-6-13/h12-14,16H,3-11H2,1-2H3,(H,17,19). The smallest absolute Gasteiger partial charge is 0.317 e. The lowest BCUT2D eigenvalue weighted by Gasteiger charge is -2.37. The van der Waals surface area contributed by atoms with E-state index in [9.17, 15) is 4.79 Å². The second-order valence-electron chi connectivity index (χ2n) is 6.15. The van der Waals surface area contributed by atoms with Gasteiger partial charge in [0.25, 0.3) is 0 Å². The van der Waals surface area contributed by atoms with Crippen molar-refractivity contribution in [3.05, 3.63) is 0 Å². The molecule has 2 rings (SSSR count). The van der Waals surface area contributed by atoms with Crippen molar-refractivity contribution >= 4 is 6.03 Å². The van der Waals surface area contributed by atoms with Crippen molar-refractivity contribution in [1.29, 1.82) is 0 Å². The van der Waals surface area contributed by atoms with Crippen molar-refractivity contribution in [3.63, 3.8) is 0 Å². The van der Waals surface area contributed by atoms with Crippen molar-refractivity contribution < 1.29 is 4.79 Å². The van der Waals surface area contributed by atoms with E-state index in [0.29, 0.717) is 18.1 Å². The normalized spacial score (nSPS) is 27.7. The van der Waals surface area contributed by atoms with Gasteiger partial charge in [0.2, 0.25) is 0 Å². The molecule has 2 N–H and O–H groups in total. The minimum atomic E-state index is 0.134. The Morgan fingerprint density at radius 1 is 1.11 bits per heavy atom. The summed E-state index contributed by atoms with van der Waals surface area (Å²) in [5.74, 6) is 0. The SMILES string of the molecule is CCCNC1CCC(N(C)C(=O)NC2CCC2)CC1. The monoisotopic (exact) mass is 267 g/mol. The van der Waals surface area contributed by atoms with Crippen LogP contribution < -0.4 is 10.6 Å². The topological polar surface area (TPSA) is 44.4 Å². The van der Waals surface area contributed by atoms with E-state index < -0.39 is 0 Å². The number of urea groups is 1. The molecular formula is C15H29N3O. The molecule has 2 fully saturated rings. The molecule has 2 aliphatic carbocycles. The van der Waals surface area contributed by atoms with Crippen molar-refractivity contribution in [1.82, 2.24) is 15.5 Å². The molecule has 4 heteroatoms. The molecule has 0 saturated heterocycles. The summed E-state index contributed by atoms with van der Waals surface area (Å²) in [5.41, 5.74) is 0. The van der Waals surface area contributed by atoms with Crippen molar-refractivity contribution in [2.75, 3.05) is 13.6 Å². The van der Waals surface area contributed by atoms with Crippen LogP contribution in [0.5, 0.6) is 0 Å². The van der Waals surface area contributed by atoms with Crippen LogP contribution in [0.4, 0.5) is 4.79 Å². The lowest BCUT2D eigenvalue weighted by atomic mass is 9.90. The maximum absolute atomic E-state index is 12.1. The predicted octanol–water partition coefficient (Wildman–Crippen LogP) is 2.49. The third kappa shape index (κ3) is 4.10. The summed E-state index contributed by atoms with van der Waals surface area (Å²) in [7, 11) is 1.96. The molecule has 0 atom stereocenters. The number of hydrogen-bond donors (Lipinski definition) is 2. The van der Waals surface area contributed by atoms with E-state index in [4.69, 9.17) is 0 Å². The van der Waals surface area contributed by atoms with Crippen LogP contribution >= 0.6 is 0 Å². The Labute approximate surface area is 117 Å². The summed E-state index contributed by atoms with van der Waals surface area (Å²) < 4.78 is 0. The number of carbonyl (C=O) groups is 1. The average molecular weight is 267 g/mol. The molecule has 0 aliphatic heterocycles. The first kappa shape index (κ1) is 14.6. The first-order valence-electron chi connectivity index (χ1n) is 7.97. The molecule has 0 aromatic rings. The zero-order valence-electron chi connectivity index (χ0n) is 12.5. The summed E-state index contributed by atoms with van der Waals surface area (Å²) in [6, 6.07) is 1.67. The Balaban J connectivity index is 1.68. The van der Waals surface area contributed by atoms with Gasteiger partial charge in [0, 0.05) is 25.2 Å². The first-order valence-corrected chi connectivity index (χ1v) is 7.97. The van der Waals surface area contributed by atoms with Crippen LogP contribution in [-0.2, 0) is 0 Å². The Morgan fingerprint density at radius 2 is 1.79 bits per heavy atom. The van der Waals surface area contributed by atoms with E-state index in [0.717, 1.165) is 32.2 Å². The van der Waals surface area contributed by atoms with Gasteiger partial charge in [-0.25, -0.2) is 4.79 Å². The zero-order valence-corrected chi connectivity index (χ0v) is 12.5. The second kappa shape index (κ2) is 7.13. The molecule has 0 unspecified atom stereocenters. The van der Waals surface area contributed by atoms with E-state index >= 15 is 0 Å². The van der Waals surface area contributed by atoms with Crippen LogP contribution in [0, 0.1) is 0 Å². The largest absolute Gasteiger partial charge is 0.335 e. The molecule has 0 spiro atoms. The maximum Gasteiger partial charge on any atom is 0.317 e. The molecule has 2 saturated carbocycles. The van der Waals surface area contributed by atoms with Gasteiger partial charge in [0.1, 0.15) is 0 Å². The number of carbonyl (C=O) groups excluding carboxylic acids is 1. The molecular weight excluding hydrogens is 238 g/mol. The fourth-order valence-electron chi connectivity index (χ4n) is 3.01. The van der Waals surface area contributed by atoms with Gasteiger partial charge in [0.15, 0.2) is 0 Å². The number of nitrogens with one attached hydrogen (secondary N) is 2. The van der Waals surface area contributed by atoms with Gasteiger partial charge in [-0.2, -0.15) is 0 Å². The van der Waals surface area contributed by atoms with Gasteiger partial charge in [-0.1, -0.05) is 6.92 Å². The summed E-state index contributed by atoms with van der Waals surface area (Å²) in [5, 5.41) is 6.72. The highest BCUT2D eigenvalue weighted by Crippen LogP contribution is 2.23. The van der Waals surface area contributed by atoms with Crippen LogP contribution in [0.3, 0.4) is 0 Å². The first-order chi connectivity index (χ1) is 9.20. The molecule has 2 amide bonds. The molecule has 0 radical (unpaired) electrons. The third-order valence-electron chi connectivity index (χ3n) is 4.68. The minimum Gasteiger partial charge on any atom is -0.335 e. The highest BCUT2D eigenvalue weighted by molar-refractivity contribution is 5.74. The van der Waals surface area contributed by atoms with Crippen LogP contribution in [-0.4, -0.2) is 42.6 Å². The lowest BCUT2D eigenvalue weighted by Crippen LogP contribution is -2.50. The summed E-state index contributed by atoms with van der Waals surface area (Å²) >= 11 is 0. The highest BCUT2D eigenvalue weighted by atomic mass is 16.2. The molecule has 110 valence electrons. The quantitative estimate of drug-likeness (QED) is 0.804. The fraction of sp³-hybridized carbons (Fsp3) is 0.933. The molecule has 0 heterocycles. The highest BCUT2D eigenvalue weighted by Gasteiger charge is 2.28. The molecule has 0 aromatic carbocycles. The van der Waals surface area contributed by atoms with Crippen molar-refractivity contribution in [2.45, 2.75) is 76.4 Å². The molecule has 4 nitrogen and oxygen atoms in total. The summed E-state index contributed by atoms with van der Waals surface area (Å²) in [4.78, 5) is 14.0. The Kier molecular flexibility index (Phi) is 5.49. The average Bonchev–Trinajstić information content (AvgIpc) is 2.40. The molecule has 19 heavy (non-hydrogen) atoms. The number of nitrogens with zero attached hydrogens (tertiary/aromatic N) is 1. The van der Waals surface area contributed by atoms with Gasteiger partial charge < -0.3 is 15.5 Å². The summed E-state index contributed by atoms with van der Waals surface area (Å²) in [6.45, 7) is 3.32. The number of rotatable bonds is 5. The van der Waals surface area contributed by atoms with Gasteiger partial charge >= 0.3 is 6.03 Å². The molecule has 2 aliphatic rings. The molecule has 0 bridgehead atoms. The van der Waals surface area contributed by atoms with E-state index in [1.807, 2.05) is 11.9 Å². The van der Waals surface area contributed by atoms with Crippen LogP contribution in [0.25, 0.3) is 0 Å². The Bertz CT molecular complexity index is 283. The van der Waals surface area contributed by atoms with E-state index in [2.05, 4.69) is 17.6 Å². The second-order valence-corrected chi connectivity index (χ2v) is 6.15. The van der Waals surface area contributed by atoms with E-state index in [1.54, 1.807) is 0 Å². The molecule has 0 aromatic heterocycles. The van der Waals surface area contributed by atoms with Crippen LogP contribution in [0.1, 0.15) is 58.3 Å². The van der Waals surface area contributed by atoms with E-state index in [1.165, 1.54) is 25.7 Å². The Hall–Kier alpha value is -0.770. The van der Waals surface area contributed by atoms with Gasteiger partial charge in [-0.15, -0.1) is 0 Å². The number of hydrogen-bond acceptors (Lipinski definition) is 2. The van der Waals surface area contributed by atoms with Crippen LogP contribution in [0.2, 0.25) is 0 Å². The van der Waals surface area contributed by atoms with Crippen molar-refractivity contribution in [2.24, 2.45) is 0 Å². The predicted molar refractivity (Wildman–Crippen MR) is 78.3 cm³/mol. The number of amides is 2. The van der Waals surface area contributed by atoms with E-state index in [-0.39, 0.29) is 6.03 Å². The van der Waals surface area contributed by atoms with Gasteiger partial charge in [0.05, 0.1) is 0 Å².